The smallest absolute Gasteiger partial charge is 0.339 e. The summed E-state index contributed by atoms with van der Waals surface area (Å²) in [5, 5.41) is 0.263. The van der Waals surface area contributed by atoms with E-state index in [1.807, 2.05) is 0 Å². The summed E-state index contributed by atoms with van der Waals surface area (Å²) in [6.07, 6.45) is 1.54. The molecular formula is C22H13ClFNO4S2. The third-order valence-electron chi connectivity index (χ3n) is 4.44. The molecule has 31 heavy (non-hydrogen) atoms. The monoisotopic (exact) mass is 473 g/mol. The summed E-state index contributed by atoms with van der Waals surface area (Å²) in [6.45, 7) is 0. The topological polar surface area (TPSA) is 59.8 Å². The van der Waals surface area contributed by atoms with Crippen molar-refractivity contribution in [2.24, 2.45) is 0 Å². The van der Waals surface area contributed by atoms with Gasteiger partial charge >= 0.3 is 5.97 Å². The Morgan fingerprint density at radius 2 is 2.00 bits per heavy atom. The molecular weight excluding hydrogens is 461 g/mol. The molecule has 0 N–H and O–H groups in total. The van der Waals surface area contributed by atoms with Gasteiger partial charge in [0.25, 0.3) is 5.91 Å². The number of hydrogen-bond acceptors (Lipinski definition) is 6. The average molecular weight is 474 g/mol. The van der Waals surface area contributed by atoms with E-state index in [4.69, 9.17) is 33.0 Å². The van der Waals surface area contributed by atoms with Crippen molar-refractivity contribution < 1.29 is 23.1 Å². The second-order valence-corrected chi connectivity index (χ2v) is 8.44. The highest BCUT2D eigenvalue weighted by Crippen LogP contribution is 2.37. The molecule has 3 aromatic rings. The first kappa shape index (κ1) is 21.3. The minimum Gasteiger partial charge on any atom is -0.465 e. The Kier molecular flexibility index (Phi) is 5.95. The van der Waals surface area contributed by atoms with E-state index in [1.54, 1.807) is 48.5 Å². The van der Waals surface area contributed by atoms with Crippen LogP contribution in [0.25, 0.3) is 17.4 Å². The van der Waals surface area contributed by atoms with Gasteiger partial charge in [-0.25, -0.2) is 9.18 Å². The standard InChI is InChI=1S/C22H13ClFNO4S2/c1-28-21(27)14-10-12(6-8-15(14)23)18-9-7-13(29-18)11-19-20(26)25(22(30)31-19)17-5-3-2-4-16(17)24/h2-11H,1H3/b19-11-. The summed E-state index contributed by atoms with van der Waals surface area (Å²) in [5.41, 5.74) is 0.929. The van der Waals surface area contributed by atoms with Gasteiger partial charge in [0.2, 0.25) is 0 Å². The number of furan rings is 1. The van der Waals surface area contributed by atoms with Crippen LogP contribution in [-0.2, 0) is 9.53 Å². The lowest BCUT2D eigenvalue weighted by Gasteiger charge is -2.14. The van der Waals surface area contributed by atoms with Crippen molar-refractivity contribution in [3.05, 3.63) is 81.7 Å². The second kappa shape index (κ2) is 8.66. The van der Waals surface area contributed by atoms with Gasteiger partial charge in [0.15, 0.2) is 4.32 Å². The van der Waals surface area contributed by atoms with E-state index in [1.165, 1.54) is 19.2 Å². The van der Waals surface area contributed by atoms with Crippen LogP contribution in [0, 0.1) is 5.82 Å². The van der Waals surface area contributed by atoms with Gasteiger partial charge in [0, 0.05) is 11.6 Å². The van der Waals surface area contributed by atoms with E-state index in [0.29, 0.717) is 22.0 Å². The van der Waals surface area contributed by atoms with Gasteiger partial charge in [-0.2, -0.15) is 0 Å². The summed E-state index contributed by atoms with van der Waals surface area (Å²) in [4.78, 5) is 26.1. The Morgan fingerprint density at radius 1 is 1.23 bits per heavy atom. The zero-order valence-corrected chi connectivity index (χ0v) is 18.3. The number of anilines is 1. The van der Waals surface area contributed by atoms with E-state index in [0.717, 1.165) is 16.7 Å². The highest BCUT2D eigenvalue weighted by Gasteiger charge is 2.35. The molecule has 0 saturated carbocycles. The third-order valence-corrected chi connectivity index (χ3v) is 6.08. The Hall–Kier alpha value is -2.94. The number of benzene rings is 2. The molecule has 5 nitrogen and oxygen atoms in total. The Labute approximate surface area is 191 Å². The predicted molar refractivity (Wildman–Crippen MR) is 123 cm³/mol. The third kappa shape index (κ3) is 4.14. The van der Waals surface area contributed by atoms with E-state index < -0.39 is 17.7 Å². The largest absolute Gasteiger partial charge is 0.465 e. The van der Waals surface area contributed by atoms with Crippen LogP contribution in [0.1, 0.15) is 16.1 Å². The van der Waals surface area contributed by atoms with Crippen molar-refractivity contribution in [1.82, 2.24) is 0 Å². The summed E-state index contributed by atoms with van der Waals surface area (Å²) in [6, 6.07) is 14.2. The van der Waals surface area contributed by atoms with Gasteiger partial charge in [-0.3, -0.25) is 9.69 Å². The van der Waals surface area contributed by atoms with Gasteiger partial charge in [-0.05, 0) is 42.5 Å². The molecule has 156 valence electrons. The minimum atomic E-state index is -0.560. The van der Waals surface area contributed by atoms with Crippen LogP contribution in [0.15, 0.2) is 63.9 Å². The van der Waals surface area contributed by atoms with Crippen molar-refractivity contribution in [3.63, 3.8) is 0 Å². The van der Waals surface area contributed by atoms with Crippen molar-refractivity contribution in [2.75, 3.05) is 12.0 Å². The highest BCUT2D eigenvalue weighted by molar-refractivity contribution is 8.27. The Morgan fingerprint density at radius 3 is 2.74 bits per heavy atom. The first-order valence-electron chi connectivity index (χ1n) is 8.89. The molecule has 4 rings (SSSR count). The molecule has 9 heteroatoms. The molecule has 1 aliphatic rings. The normalized spacial score (nSPS) is 15.1. The summed E-state index contributed by atoms with van der Waals surface area (Å²) < 4.78 is 24.9. The lowest BCUT2D eigenvalue weighted by Crippen LogP contribution is -2.28. The fourth-order valence-electron chi connectivity index (χ4n) is 2.97. The van der Waals surface area contributed by atoms with Crippen molar-refractivity contribution in [2.45, 2.75) is 0 Å². The van der Waals surface area contributed by atoms with E-state index in [9.17, 15) is 14.0 Å². The number of carbonyl (C=O) groups is 2. The van der Waals surface area contributed by atoms with Crippen LogP contribution < -0.4 is 4.90 Å². The molecule has 0 unspecified atom stereocenters. The quantitative estimate of drug-likeness (QED) is 0.266. The van der Waals surface area contributed by atoms with Gasteiger partial charge in [-0.1, -0.05) is 47.7 Å². The van der Waals surface area contributed by atoms with E-state index >= 15 is 0 Å². The van der Waals surface area contributed by atoms with Crippen LogP contribution in [0.5, 0.6) is 0 Å². The number of rotatable bonds is 4. The van der Waals surface area contributed by atoms with Crippen LogP contribution in [-0.4, -0.2) is 23.3 Å². The fourth-order valence-corrected chi connectivity index (χ4v) is 4.43. The fraction of sp³-hybridized carbons (Fsp3) is 0.0455. The number of thiocarbonyl (C=S) groups is 1. The van der Waals surface area contributed by atoms with Crippen molar-refractivity contribution in [3.8, 4) is 11.3 Å². The van der Waals surface area contributed by atoms with Crippen LogP contribution in [0.3, 0.4) is 0 Å². The van der Waals surface area contributed by atoms with Crippen LogP contribution in [0.2, 0.25) is 5.02 Å². The van der Waals surface area contributed by atoms with E-state index in [2.05, 4.69) is 0 Å². The summed E-state index contributed by atoms with van der Waals surface area (Å²) in [5.74, 6) is -0.659. The highest BCUT2D eigenvalue weighted by atomic mass is 35.5. The number of para-hydroxylation sites is 1. The number of thioether (sulfide) groups is 1. The molecule has 1 aromatic heterocycles. The van der Waals surface area contributed by atoms with Crippen LogP contribution in [0.4, 0.5) is 10.1 Å². The number of esters is 1. The number of hydrogen-bond donors (Lipinski definition) is 0. The maximum atomic E-state index is 14.1. The molecule has 0 spiro atoms. The summed E-state index contributed by atoms with van der Waals surface area (Å²) >= 11 is 12.4. The number of ether oxygens (including phenoxy) is 1. The predicted octanol–water partition coefficient (Wildman–Crippen LogP) is 5.93. The molecule has 0 atom stereocenters. The van der Waals surface area contributed by atoms with Gasteiger partial charge < -0.3 is 9.15 Å². The first-order valence-corrected chi connectivity index (χ1v) is 10.5. The number of halogens is 2. The zero-order valence-electron chi connectivity index (χ0n) is 15.9. The molecule has 2 aromatic carbocycles. The summed E-state index contributed by atoms with van der Waals surface area (Å²) in [7, 11) is 1.27. The lowest BCUT2D eigenvalue weighted by atomic mass is 10.1. The number of carbonyl (C=O) groups excluding carboxylic acids is 2. The zero-order chi connectivity index (χ0) is 22.1. The lowest BCUT2D eigenvalue weighted by molar-refractivity contribution is -0.113. The van der Waals surface area contributed by atoms with Crippen LogP contribution >= 0.6 is 35.6 Å². The number of nitrogens with zero attached hydrogens (tertiary/aromatic N) is 1. The molecule has 2 heterocycles. The van der Waals surface area contributed by atoms with E-state index in [-0.39, 0.29) is 20.6 Å². The molecule has 1 fully saturated rings. The number of methoxy groups -OCH3 is 1. The Bertz CT molecular complexity index is 1250. The van der Waals surface area contributed by atoms with Crippen molar-refractivity contribution in [1.29, 1.82) is 0 Å². The molecule has 1 saturated heterocycles. The van der Waals surface area contributed by atoms with Gasteiger partial charge in [0.1, 0.15) is 17.3 Å². The molecule has 1 aliphatic heterocycles. The first-order chi connectivity index (χ1) is 14.9. The Balaban J connectivity index is 1.62. The molecule has 0 radical (unpaired) electrons. The number of amides is 1. The van der Waals surface area contributed by atoms with Gasteiger partial charge in [-0.15, -0.1) is 0 Å². The SMILES string of the molecule is COC(=O)c1cc(-c2ccc(/C=C3\SC(=S)N(c4ccccc4F)C3=O)o2)ccc1Cl. The maximum absolute atomic E-state index is 14.1. The minimum absolute atomic E-state index is 0.102. The van der Waals surface area contributed by atoms with Crippen molar-refractivity contribution >= 4 is 63.5 Å². The molecule has 0 aliphatic carbocycles. The average Bonchev–Trinajstić information content (AvgIpc) is 3.33. The second-order valence-electron chi connectivity index (χ2n) is 6.36. The molecule has 0 bridgehead atoms. The van der Waals surface area contributed by atoms with Gasteiger partial charge in [0.05, 0.1) is 28.3 Å². The maximum Gasteiger partial charge on any atom is 0.339 e. The molecule has 1 amide bonds.